The van der Waals surface area contributed by atoms with E-state index in [4.69, 9.17) is 37.0 Å². The fraction of sp³-hybridized carbons (Fsp3) is 0.953. The molecule has 0 aliphatic carbocycles. The van der Waals surface area contributed by atoms with E-state index in [-0.39, 0.29) is 25.7 Å². The molecule has 0 rings (SSSR count). The van der Waals surface area contributed by atoms with Gasteiger partial charge in [-0.2, -0.15) is 0 Å². The quantitative estimate of drug-likeness (QED) is 0.0222. The Morgan fingerprint density at radius 1 is 0.267 bits per heavy atom. The minimum Gasteiger partial charge on any atom is -0.462 e. The van der Waals surface area contributed by atoms with Crippen LogP contribution >= 0.6 is 15.6 Å². The Hall–Kier alpha value is -1.94. The van der Waals surface area contributed by atoms with E-state index >= 15 is 0 Å². The van der Waals surface area contributed by atoms with Crippen molar-refractivity contribution in [2.75, 3.05) is 39.6 Å². The van der Waals surface area contributed by atoms with Gasteiger partial charge in [-0.15, -0.1) is 0 Å². The third kappa shape index (κ3) is 77.2. The molecule has 0 fully saturated rings. The summed E-state index contributed by atoms with van der Waals surface area (Å²) in [7, 11) is -9.92. The number of rotatable bonds is 85. The molecule has 0 aromatic rings. The summed E-state index contributed by atoms with van der Waals surface area (Å²) in [6.45, 7) is 9.68. The van der Waals surface area contributed by atoms with Crippen molar-refractivity contribution in [2.45, 2.75) is 477 Å². The van der Waals surface area contributed by atoms with Crippen LogP contribution in [0.25, 0.3) is 0 Å². The van der Waals surface area contributed by atoms with Gasteiger partial charge in [0.25, 0.3) is 0 Å². The molecule has 19 heteroatoms. The lowest BCUT2D eigenvalue weighted by molar-refractivity contribution is -0.161. The van der Waals surface area contributed by atoms with Crippen molar-refractivity contribution in [1.29, 1.82) is 0 Å². The second-order valence-electron chi connectivity index (χ2n) is 31.4. The third-order valence-corrected chi connectivity index (χ3v) is 22.8. The first kappa shape index (κ1) is 103. The first-order chi connectivity index (χ1) is 50.9. The van der Waals surface area contributed by atoms with Crippen LogP contribution in [-0.4, -0.2) is 96.7 Å². The maximum Gasteiger partial charge on any atom is 0.472 e. The minimum atomic E-state index is -4.97. The smallest absolute Gasteiger partial charge is 0.462 e. The highest BCUT2D eigenvalue weighted by atomic mass is 31.2. The number of carbonyl (C=O) groups excluding carboxylic acids is 4. The second kappa shape index (κ2) is 77.4. The molecule has 7 atom stereocenters. The van der Waals surface area contributed by atoms with E-state index in [1.807, 2.05) is 0 Å². The van der Waals surface area contributed by atoms with Crippen LogP contribution in [0.5, 0.6) is 0 Å². The minimum absolute atomic E-state index is 0.106. The monoisotopic (exact) mass is 1540 g/mol. The molecule has 0 amide bonds. The molecule has 3 N–H and O–H groups in total. The predicted octanol–water partition coefficient (Wildman–Crippen LogP) is 26.2. The Kier molecular flexibility index (Phi) is 76.0. The maximum atomic E-state index is 13.1. The van der Waals surface area contributed by atoms with E-state index < -0.39 is 97.5 Å². The number of hydrogen-bond acceptors (Lipinski definition) is 15. The zero-order valence-corrected chi connectivity index (χ0v) is 70.8. The lowest BCUT2D eigenvalue weighted by atomic mass is 9.99. The highest BCUT2D eigenvalue weighted by Gasteiger charge is 2.30. The summed E-state index contributed by atoms with van der Waals surface area (Å²) >= 11 is 0. The number of phosphoric ester groups is 2. The van der Waals surface area contributed by atoms with Gasteiger partial charge >= 0.3 is 39.5 Å². The van der Waals surface area contributed by atoms with Gasteiger partial charge < -0.3 is 33.8 Å². The summed E-state index contributed by atoms with van der Waals surface area (Å²) in [6, 6.07) is 0. The van der Waals surface area contributed by atoms with Gasteiger partial charge in [-0.25, -0.2) is 9.13 Å². The number of phosphoric acid groups is 2. The molecule has 0 bridgehead atoms. The van der Waals surface area contributed by atoms with Crippen LogP contribution in [0.2, 0.25) is 0 Å². The summed E-state index contributed by atoms with van der Waals surface area (Å²) in [5.41, 5.74) is 0. The summed E-state index contributed by atoms with van der Waals surface area (Å²) in [5.74, 6) is -0.504. The molecule has 624 valence electrons. The van der Waals surface area contributed by atoms with Crippen LogP contribution < -0.4 is 0 Å². The molecule has 17 nitrogen and oxygen atoms in total. The maximum absolute atomic E-state index is 13.1. The van der Waals surface area contributed by atoms with Crippen LogP contribution in [0.3, 0.4) is 0 Å². The van der Waals surface area contributed by atoms with Crippen LogP contribution in [0.15, 0.2) is 0 Å². The van der Waals surface area contributed by atoms with Gasteiger partial charge in [0.1, 0.15) is 19.3 Å². The molecule has 0 spiro atoms. The normalized spacial score (nSPS) is 14.3. The van der Waals surface area contributed by atoms with E-state index in [2.05, 4.69) is 41.5 Å². The van der Waals surface area contributed by atoms with Crippen molar-refractivity contribution in [3.63, 3.8) is 0 Å². The SMILES string of the molecule is CCCCCCCCCCCCCCCCCCCCCCCCC(=O)OC[C@H](COP(=O)(O)OC[C@@H](O)COP(=O)(O)OC[C@@H](COC(=O)CCCCCCCCC(C)CC)OC(=O)CCCCCCCCCCCCC)OC(=O)CCCCCCCCCCCCCCCCCCCCC(C)CC. The number of carbonyl (C=O) groups is 4. The van der Waals surface area contributed by atoms with Gasteiger partial charge in [-0.1, -0.05) is 408 Å². The number of unbranched alkanes of at least 4 members (excludes halogenated alkanes) is 53. The summed E-state index contributed by atoms with van der Waals surface area (Å²) < 4.78 is 68.8. The molecule has 0 aliphatic rings. The van der Waals surface area contributed by atoms with Gasteiger partial charge in [-0.3, -0.25) is 37.3 Å². The molecule has 0 aliphatic heterocycles. The van der Waals surface area contributed by atoms with Gasteiger partial charge in [0.15, 0.2) is 12.2 Å². The number of aliphatic hydroxyl groups is 1. The molecule has 4 unspecified atom stereocenters. The number of hydrogen-bond donors (Lipinski definition) is 3. The summed E-state index contributed by atoms with van der Waals surface area (Å²) in [5, 5.41) is 10.7. The topological polar surface area (TPSA) is 237 Å². The van der Waals surface area contributed by atoms with Crippen molar-refractivity contribution >= 4 is 39.5 Å². The molecule has 0 aromatic heterocycles. The van der Waals surface area contributed by atoms with E-state index in [9.17, 15) is 43.2 Å². The molecule has 0 saturated heterocycles. The standard InChI is InChI=1S/C86H168O17P2/c1-7-11-13-15-17-19-21-22-23-24-25-26-27-28-32-35-38-42-45-49-56-62-68-83(88)96-74-81(102-86(91)71-65-59-51-47-43-39-36-33-30-29-31-34-37-41-44-48-54-60-66-78(5)9-3)76-100-104(92,93)98-72-80(87)73-99-105(94,95)101-77-82(75-97-84(89)69-63-57-53-52-55-61-67-79(6)10-4)103-85(90)70-64-58-50-46-40-20-18-16-14-12-8-2/h78-82,87H,7-77H2,1-6H3,(H,92,93)(H,94,95)/t78?,79?,80-,81-,82-/m1/s1. The van der Waals surface area contributed by atoms with Gasteiger partial charge in [-0.05, 0) is 37.5 Å². The van der Waals surface area contributed by atoms with Crippen LogP contribution in [-0.2, 0) is 65.4 Å². The summed E-state index contributed by atoms with van der Waals surface area (Å²) in [6.07, 6.45) is 69.6. The summed E-state index contributed by atoms with van der Waals surface area (Å²) in [4.78, 5) is 73.1. The molecule has 0 saturated carbocycles. The zero-order chi connectivity index (χ0) is 77.1. The predicted molar refractivity (Wildman–Crippen MR) is 432 cm³/mol. The van der Waals surface area contributed by atoms with Crippen LogP contribution in [0, 0.1) is 11.8 Å². The Morgan fingerprint density at radius 3 is 0.676 bits per heavy atom. The van der Waals surface area contributed by atoms with Gasteiger partial charge in [0.2, 0.25) is 0 Å². The second-order valence-corrected chi connectivity index (χ2v) is 34.3. The molecule has 0 heterocycles. The first-order valence-electron chi connectivity index (χ1n) is 44.6. The Morgan fingerprint density at radius 2 is 0.457 bits per heavy atom. The lowest BCUT2D eigenvalue weighted by Gasteiger charge is -2.21. The van der Waals surface area contributed by atoms with E-state index in [1.54, 1.807) is 0 Å². The van der Waals surface area contributed by atoms with Crippen molar-refractivity contribution in [2.24, 2.45) is 11.8 Å². The highest BCUT2D eigenvalue weighted by molar-refractivity contribution is 7.47. The van der Waals surface area contributed by atoms with Crippen molar-refractivity contribution in [3.05, 3.63) is 0 Å². The fourth-order valence-corrected chi connectivity index (χ4v) is 14.9. The molecule has 0 radical (unpaired) electrons. The van der Waals surface area contributed by atoms with Gasteiger partial charge in [0, 0.05) is 25.7 Å². The Labute approximate surface area is 645 Å². The number of esters is 4. The van der Waals surface area contributed by atoms with E-state index in [0.717, 1.165) is 108 Å². The largest absolute Gasteiger partial charge is 0.472 e. The van der Waals surface area contributed by atoms with E-state index in [0.29, 0.717) is 25.7 Å². The number of ether oxygens (including phenoxy) is 4. The van der Waals surface area contributed by atoms with Crippen molar-refractivity contribution < 1.29 is 80.2 Å². The first-order valence-corrected chi connectivity index (χ1v) is 47.6. The molecule has 0 aromatic carbocycles. The molecular formula is C86H168O17P2. The van der Waals surface area contributed by atoms with Crippen LogP contribution in [0.4, 0.5) is 0 Å². The van der Waals surface area contributed by atoms with E-state index in [1.165, 1.54) is 270 Å². The van der Waals surface area contributed by atoms with Crippen molar-refractivity contribution in [1.82, 2.24) is 0 Å². The Bertz CT molecular complexity index is 2010. The number of aliphatic hydroxyl groups excluding tert-OH is 1. The highest BCUT2D eigenvalue weighted by Crippen LogP contribution is 2.45. The van der Waals surface area contributed by atoms with Crippen molar-refractivity contribution in [3.8, 4) is 0 Å². The van der Waals surface area contributed by atoms with Crippen LogP contribution in [0.1, 0.15) is 459 Å². The molecular weight excluding hydrogens is 1370 g/mol. The fourth-order valence-electron chi connectivity index (χ4n) is 13.4. The average molecular weight is 1540 g/mol. The van der Waals surface area contributed by atoms with Gasteiger partial charge in [0.05, 0.1) is 26.4 Å². The average Bonchev–Trinajstić information content (AvgIpc) is 0.918. The Balaban J connectivity index is 5.18. The zero-order valence-electron chi connectivity index (χ0n) is 69.0. The molecule has 105 heavy (non-hydrogen) atoms. The third-order valence-electron chi connectivity index (χ3n) is 20.9. The lowest BCUT2D eigenvalue weighted by Crippen LogP contribution is -2.30.